The van der Waals surface area contributed by atoms with Gasteiger partial charge in [0.25, 0.3) is 10.0 Å². The van der Waals surface area contributed by atoms with Crippen molar-refractivity contribution >= 4 is 77.8 Å². The lowest BCUT2D eigenvalue weighted by Gasteiger charge is -2.08. The van der Waals surface area contributed by atoms with E-state index in [9.17, 15) is 8.42 Å². The van der Waals surface area contributed by atoms with E-state index in [0.717, 1.165) is 11.3 Å². The van der Waals surface area contributed by atoms with Crippen LogP contribution >= 0.6 is 62.1 Å². The maximum absolute atomic E-state index is 12.1. The molecule has 2 rings (SSSR count). The second-order valence-corrected chi connectivity index (χ2v) is 8.95. The number of thiophene rings is 1. The summed E-state index contributed by atoms with van der Waals surface area (Å²) in [5, 5.41) is 0.986. The van der Waals surface area contributed by atoms with E-state index in [2.05, 4.69) is 20.7 Å². The molecule has 3 nitrogen and oxygen atoms in total. The molecule has 0 amide bonds. The van der Waals surface area contributed by atoms with Crippen molar-refractivity contribution in [1.29, 1.82) is 0 Å². The first-order valence-electron chi connectivity index (χ1n) is 4.72. The van der Waals surface area contributed by atoms with Gasteiger partial charge in [0, 0.05) is 5.02 Å². The summed E-state index contributed by atoms with van der Waals surface area (Å²) in [4.78, 5) is 0. The molecule has 0 saturated carbocycles. The van der Waals surface area contributed by atoms with Gasteiger partial charge in [-0.1, -0.05) is 34.8 Å². The lowest BCUT2D eigenvalue weighted by Crippen LogP contribution is -2.11. The maximum atomic E-state index is 12.1. The molecule has 0 radical (unpaired) electrons. The predicted molar refractivity (Wildman–Crippen MR) is 84.3 cm³/mol. The van der Waals surface area contributed by atoms with E-state index in [1.807, 2.05) is 0 Å². The molecular weight excluding hydrogens is 417 g/mol. The standard InChI is InChI=1S/C10H5BrCl3NO2S2/c11-10-7(14)4-9(18-10)19(16,17)15-8-2-1-5(12)3-6(8)13/h1-4,15H. The van der Waals surface area contributed by atoms with Crippen molar-refractivity contribution in [1.82, 2.24) is 0 Å². The van der Waals surface area contributed by atoms with Crippen molar-refractivity contribution in [3.05, 3.63) is 43.1 Å². The van der Waals surface area contributed by atoms with Crippen LogP contribution < -0.4 is 4.72 Å². The zero-order valence-corrected chi connectivity index (χ0v) is 14.4. The van der Waals surface area contributed by atoms with Crippen molar-refractivity contribution in [2.45, 2.75) is 4.21 Å². The van der Waals surface area contributed by atoms with Crippen molar-refractivity contribution < 1.29 is 8.42 Å². The van der Waals surface area contributed by atoms with Crippen LogP contribution in [0.2, 0.25) is 15.1 Å². The van der Waals surface area contributed by atoms with E-state index in [4.69, 9.17) is 34.8 Å². The molecule has 19 heavy (non-hydrogen) atoms. The summed E-state index contributed by atoms with van der Waals surface area (Å²) in [6.45, 7) is 0. The molecule has 1 aromatic carbocycles. The van der Waals surface area contributed by atoms with Crippen LogP contribution in [-0.2, 0) is 10.0 Å². The fourth-order valence-corrected chi connectivity index (χ4v) is 5.22. The average molecular weight is 422 g/mol. The maximum Gasteiger partial charge on any atom is 0.271 e. The van der Waals surface area contributed by atoms with E-state index < -0.39 is 10.0 Å². The molecule has 0 bridgehead atoms. The molecule has 1 heterocycles. The molecule has 102 valence electrons. The monoisotopic (exact) mass is 419 g/mol. The van der Waals surface area contributed by atoms with Gasteiger partial charge >= 0.3 is 0 Å². The van der Waals surface area contributed by atoms with Gasteiger partial charge in [-0.3, -0.25) is 4.72 Å². The zero-order valence-electron chi connectivity index (χ0n) is 8.95. The largest absolute Gasteiger partial charge is 0.277 e. The van der Waals surface area contributed by atoms with Crippen LogP contribution in [0.3, 0.4) is 0 Å². The molecule has 1 aromatic heterocycles. The van der Waals surface area contributed by atoms with Gasteiger partial charge in [-0.25, -0.2) is 8.42 Å². The second kappa shape index (κ2) is 5.79. The van der Waals surface area contributed by atoms with Crippen molar-refractivity contribution in [3.63, 3.8) is 0 Å². The van der Waals surface area contributed by atoms with Crippen molar-refractivity contribution in [2.75, 3.05) is 4.72 Å². The Labute approximate surface area is 137 Å². The molecule has 0 aliphatic rings. The van der Waals surface area contributed by atoms with Crippen molar-refractivity contribution in [3.8, 4) is 0 Å². The summed E-state index contributed by atoms with van der Waals surface area (Å²) >= 11 is 21.7. The smallest absolute Gasteiger partial charge is 0.271 e. The minimum atomic E-state index is -3.72. The average Bonchev–Trinajstić information content (AvgIpc) is 2.64. The van der Waals surface area contributed by atoms with Crippen LogP contribution in [0, 0.1) is 0 Å². The van der Waals surface area contributed by atoms with Crippen LogP contribution in [-0.4, -0.2) is 8.42 Å². The zero-order chi connectivity index (χ0) is 14.2. The minimum absolute atomic E-state index is 0.0930. The van der Waals surface area contributed by atoms with Crippen LogP contribution in [0.25, 0.3) is 0 Å². The van der Waals surface area contributed by atoms with Gasteiger partial charge < -0.3 is 0 Å². The molecule has 9 heteroatoms. The number of rotatable bonds is 3. The number of nitrogens with one attached hydrogen (secondary N) is 1. The van der Waals surface area contributed by atoms with Gasteiger partial charge in [0.2, 0.25) is 0 Å². The normalized spacial score (nSPS) is 11.6. The highest BCUT2D eigenvalue weighted by molar-refractivity contribution is 9.11. The van der Waals surface area contributed by atoms with Gasteiger partial charge in [-0.05, 0) is 40.2 Å². The molecule has 0 spiro atoms. The van der Waals surface area contributed by atoms with Gasteiger partial charge in [-0.15, -0.1) is 11.3 Å². The summed E-state index contributed by atoms with van der Waals surface area (Å²) in [5.74, 6) is 0. The fourth-order valence-electron chi connectivity index (χ4n) is 1.23. The molecule has 0 aliphatic heterocycles. The Morgan fingerprint density at radius 2 is 1.79 bits per heavy atom. The lowest BCUT2D eigenvalue weighted by atomic mass is 10.3. The highest BCUT2D eigenvalue weighted by Crippen LogP contribution is 2.36. The van der Waals surface area contributed by atoms with E-state index in [-0.39, 0.29) is 14.9 Å². The van der Waals surface area contributed by atoms with E-state index in [1.54, 1.807) is 6.07 Å². The van der Waals surface area contributed by atoms with Gasteiger partial charge in [0.05, 0.1) is 19.5 Å². The third-order valence-electron chi connectivity index (χ3n) is 2.06. The number of sulfonamides is 1. The SMILES string of the molecule is O=S(=O)(Nc1ccc(Cl)cc1Cl)c1cc(Cl)c(Br)s1. The quantitative estimate of drug-likeness (QED) is 0.734. The molecule has 0 aliphatic carbocycles. The minimum Gasteiger partial charge on any atom is -0.277 e. The topological polar surface area (TPSA) is 46.2 Å². The van der Waals surface area contributed by atoms with E-state index in [0.29, 0.717) is 13.8 Å². The Hall–Kier alpha value is 0.0200. The molecule has 2 aromatic rings. The summed E-state index contributed by atoms with van der Waals surface area (Å²) in [6, 6.07) is 5.86. The first kappa shape index (κ1) is 15.4. The number of hydrogen-bond donors (Lipinski definition) is 1. The number of anilines is 1. The summed E-state index contributed by atoms with van der Waals surface area (Å²) in [6.07, 6.45) is 0. The lowest BCUT2D eigenvalue weighted by molar-refractivity contribution is 0.603. The van der Waals surface area contributed by atoms with Gasteiger partial charge in [-0.2, -0.15) is 0 Å². The summed E-state index contributed by atoms with van der Waals surface area (Å²) in [7, 11) is -3.72. The van der Waals surface area contributed by atoms with Crippen LogP contribution in [0.15, 0.2) is 32.3 Å². The third kappa shape index (κ3) is 3.56. The Morgan fingerprint density at radius 3 is 2.32 bits per heavy atom. The summed E-state index contributed by atoms with van der Waals surface area (Å²) in [5.41, 5.74) is 0.256. The molecular formula is C10H5BrCl3NO2S2. The number of halogens is 4. The molecule has 0 atom stereocenters. The molecule has 0 unspecified atom stereocenters. The van der Waals surface area contributed by atoms with Crippen LogP contribution in [0.4, 0.5) is 5.69 Å². The Kier molecular flexibility index (Phi) is 4.70. The van der Waals surface area contributed by atoms with Crippen LogP contribution in [0.1, 0.15) is 0 Å². The highest BCUT2D eigenvalue weighted by Gasteiger charge is 2.20. The van der Waals surface area contributed by atoms with E-state index in [1.165, 1.54) is 18.2 Å². The summed E-state index contributed by atoms with van der Waals surface area (Å²) < 4.78 is 27.3. The fraction of sp³-hybridized carbons (Fsp3) is 0. The third-order valence-corrected chi connectivity index (χ3v) is 6.92. The Morgan fingerprint density at radius 1 is 1.11 bits per heavy atom. The van der Waals surface area contributed by atoms with Gasteiger partial charge in [0.1, 0.15) is 4.21 Å². The van der Waals surface area contributed by atoms with E-state index >= 15 is 0 Å². The Balaban J connectivity index is 2.36. The predicted octanol–water partition coefficient (Wildman–Crippen LogP) is 5.27. The van der Waals surface area contributed by atoms with Gasteiger partial charge in [0.15, 0.2) is 0 Å². The first-order valence-corrected chi connectivity index (χ1v) is 8.95. The Bertz CT molecular complexity index is 711. The van der Waals surface area contributed by atoms with Crippen LogP contribution in [0.5, 0.6) is 0 Å². The number of hydrogen-bond acceptors (Lipinski definition) is 3. The number of benzene rings is 1. The van der Waals surface area contributed by atoms with Crippen molar-refractivity contribution in [2.24, 2.45) is 0 Å². The molecule has 0 fully saturated rings. The molecule has 1 N–H and O–H groups in total. The first-order chi connectivity index (χ1) is 8.79. The highest BCUT2D eigenvalue weighted by atomic mass is 79.9. The molecule has 0 saturated heterocycles. The second-order valence-electron chi connectivity index (χ2n) is 3.42.